The smallest absolute Gasteiger partial charge is 0.261 e. The molecule has 0 atom stereocenters. The van der Waals surface area contributed by atoms with Crippen LogP contribution in [-0.4, -0.2) is 33.4 Å². The molecule has 0 saturated carbocycles. The van der Waals surface area contributed by atoms with Gasteiger partial charge in [0.2, 0.25) is 5.91 Å². The van der Waals surface area contributed by atoms with Crippen LogP contribution in [0.3, 0.4) is 0 Å². The Morgan fingerprint density at radius 2 is 1.86 bits per heavy atom. The summed E-state index contributed by atoms with van der Waals surface area (Å²) in [5.74, 6) is -1.69. The Kier molecular flexibility index (Phi) is 7.87. The first-order valence-electron chi connectivity index (χ1n) is 11.1. The van der Waals surface area contributed by atoms with E-state index in [1.165, 1.54) is 40.1 Å². The standard InChI is InChI=1S/C23H20Cl2F2N4O2.C2H6/c1-4-18(32)30-9-23(10-30,19-16(26)6-5-15(24)20(19)25)29-13-7-14-21(17(27)8-13)28-11-31(12(2)3)22(14)33;1-2/h4-8,11-12,29H,1,9-10H2,2-3H3;1-2H3. The minimum atomic E-state index is -1.20. The van der Waals surface area contributed by atoms with Crippen molar-refractivity contribution in [1.29, 1.82) is 0 Å². The van der Waals surface area contributed by atoms with Crippen molar-refractivity contribution in [3.63, 3.8) is 0 Å². The average molecular weight is 523 g/mol. The first-order chi connectivity index (χ1) is 16.6. The topological polar surface area (TPSA) is 67.2 Å². The molecule has 0 radical (unpaired) electrons. The number of carbonyl (C=O) groups excluding carboxylic acids is 1. The predicted octanol–water partition coefficient (Wildman–Crippen LogP) is 5.92. The fraction of sp³-hybridized carbons (Fsp3) is 0.320. The van der Waals surface area contributed by atoms with Crippen molar-refractivity contribution in [2.45, 2.75) is 39.3 Å². The molecule has 1 saturated heterocycles. The summed E-state index contributed by atoms with van der Waals surface area (Å²) in [6, 6.07) is 4.96. The number of aromatic nitrogens is 2. The molecule has 186 valence electrons. The van der Waals surface area contributed by atoms with Crippen LogP contribution in [0.4, 0.5) is 14.5 Å². The van der Waals surface area contributed by atoms with E-state index in [-0.39, 0.29) is 57.2 Å². The van der Waals surface area contributed by atoms with E-state index in [1.807, 2.05) is 27.7 Å². The normalized spacial score (nSPS) is 14.3. The van der Waals surface area contributed by atoms with Gasteiger partial charge in [-0.2, -0.15) is 0 Å². The number of anilines is 1. The van der Waals surface area contributed by atoms with Crippen molar-refractivity contribution < 1.29 is 13.6 Å². The van der Waals surface area contributed by atoms with E-state index in [2.05, 4.69) is 16.9 Å². The molecular formula is C25H26Cl2F2N4O2. The molecule has 2 aromatic carbocycles. The van der Waals surface area contributed by atoms with E-state index in [0.717, 1.165) is 6.08 Å². The second-order valence-corrected chi connectivity index (χ2v) is 9.01. The summed E-state index contributed by atoms with van der Waals surface area (Å²) in [5.41, 5.74) is -1.42. The maximum Gasteiger partial charge on any atom is 0.261 e. The van der Waals surface area contributed by atoms with Gasteiger partial charge < -0.3 is 10.2 Å². The minimum absolute atomic E-state index is 0.0139. The van der Waals surface area contributed by atoms with Gasteiger partial charge in [0.25, 0.3) is 5.56 Å². The number of hydrogen-bond donors (Lipinski definition) is 1. The lowest BCUT2D eigenvalue weighted by atomic mass is 9.81. The van der Waals surface area contributed by atoms with E-state index >= 15 is 0 Å². The number of halogens is 4. The molecule has 2 heterocycles. The third-order valence-corrected chi connectivity index (χ3v) is 6.51. The maximum atomic E-state index is 15.0. The number of fused-ring (bicyclic) bond motifs is 1. The van der Waals surface area contributed by atoms with Gasteiger partial charge in [0, 0.05) is 17.3 Å². The molecule has 4 rings (SSSR count). The fourth-order valence-electron chi connectivity index (χ4n) is 4.08. The third kappa shape index (κ3) is 4.77. The molecule has 6 nitrogen and oxygen atoms in total. The first-order valence-corrected chi connectivity index (χ1v) is 11.9. The van der Waals surface area contributed by atoms with E-state index < -0.39 is 22.7 Å². The van der Waals surface area contributed by atoms with Gasteiger partial charge in [-0.1, -0.05) is 43.6 Å². The second-order valence-electron chi connectivity index (χ2n) is 8.23. The molecule has 1 N–H and O–H groups in total. The number of carbonyl (C=O) groups is 1. The largest absolute Gasteiger partial charge is 0.372 e. The molecule has 0 unspecified atom stereocenters. The summed E-state index contributed by atoms with van der Waals surface area (Å²) in [6.07, 6.45) is 2.45. The van der Waals surface area contributed by atoms with Gasteiger partial charge in [-0.15, -0.1) is 0 Å². The zero-order valence-corrected chi connectivity index (χ0v) is 21.3. The predicted molar refractivity (Wildman–Crippen MR) is 136 cm³/mol. The average Bonchev–Trinajstić information content (AvgIpc) is 2.80. The van der Waals surface area contributed by atoms with E-state index in [4.69, 9.17) is 23.2 Å². The molecule has 1 amide bonds. The highest BCUT2D eigenvalue weighted by Gasteiger charge is 2.49. The van der Waals surface area contributed by atoms with Crippen molar-refractivity contribution >= 4 is 45.7 Å². The van der Waals surface area contributed by atoms with Gasteiger partial charge in [-0.05, 0) is 44.2 Å². The van der Waals surface area contributed by atoms with Crippen LogP contribution >= 0.6 is 23.2 Å². The highest BCUT2D eigenvalue weighted by molar-refractivity contribution is 6.42. The van der Waals surface area contributed by atoms with Gasteiger partial charge in [-0.3, -0.25) is 14.2 Å². The van der Waals surface area contributed by atoms with Crippen molar-refractivity contribution in [3.8, 4) is 0 Å². The molecular weight excluding hydrogens is 497 g/mol. The lowest BCUT2D eigenvalue weighted by Crippen LogP contribution is -2.65. The summed E-state index contributed by atoms with van der Waals surface area (Å²) in [5, 5.41) is 3.30. The van der Waals surface area contributed by atoms with E-state index in [0.29, 0.717) is 0 Å². The summed E-state index contributed by atoms with van der Waals surface area (Å²) < 4.78 is 31.2. The highest BCUT2D eigenvalue weighted by atomic mass is 35.5. The lowest BCUT2D eigenvalue weighted by Gasteiger charge is -2.51. The Morgan fingerprint density at radius 1 is 1.20 bits per heavy atom. The van der Waals surface area contributed by atoms with Gasteiger partial charge in [0.05, 0.1) is 34.8 Å². The quantitative estimate of drug-likeness (QED) is 0.333. The number of nitrogens with zero attached hydrogens (tertiary/aromatic N) is 3. The molecule has 35 heavy (non-hydrogen) atoms. The minimum Gasteiger partial charge on any atom is -0.372 e. The van der Waals surface area contributed by atoms with Crippen molar-refractivity contribution in [2.24, 2.45) is 0 Å². The molecule has 1 aliphatic heterocycles. The zero-order chi connectivity index (χ0) is 26.1. The second kappa shape index (κ2) is 10.3. The van der Waals surface area contributed by atoms with Crippen LogP contribution in [0, 0.1) is 11.6 Å². The molecule has 0 aliphatic carbocycles. The number of benzene rings is 2. The highest BCUT2D eigenvalue weighted by Crippen LogP contribution is 2.43. The van der Waals surface area contributed by atoms with Crippen LogP contribution < -0.4 is 10.9 Å². The van der Waals surface area contributed by atoms with Crippen LogP contribution in [-0.2, 0) is 10.3 Å². The molecule has 0 spiro atoms. The lowest BCUT2D eigenvalue weighted by molar-refractivity contribution is -0.132. The number of rotatable bonds is 5. The van der Waals surface area contributed by atoms with Gasteiger partial charge in [0.15, 0.2) is 5.82 Å². The summed E-state index contributed by atoms with van der Waals surface area (Å²) in [6.45, 7) is 11.1. The number of nitrogens with one attached hydrogen (secondary N) is 1. The fourth-order valence-corrected chi connectivity index (χ4v) is 4.57. The molecule has 3 aromatic rings. The zero-order valence-electron chi connectivity index (χ0n) is 19.8. The Bertz CT molecular complexity index is 1350. The van der Waals surface area contributed by atoms with Crippen molar-refractivity contribution in [1.82, 2.24) is 14.5 Å². The molecule has 1 aromatic heterocycles. The van der Waals surface area contributed by atoms with Crippen LogP contribution in [0.15, 0.2) is 48.0 Å². The van der Waals surface area contributed by atoms with Gasteiger partial charge in [0.1, 0.15) is 16.9 Å². The van der Waals surface area contributed by atoms with Crippen LogP contribution in [0.1, 0.15) is 39.3 Å². The van der Waals surface area contributed by atoms with Crippen LogP contribution in [0.2, 0.25) is 10.0 Å². The SMILES string of the molecule is C=CC(=O)N1CC(Nc2cc(F)c3ncn(C(C)C)c(=O)c3c2)(c2c(F)ccc(Cl)c2Cl)C1.CC. The Balaban J connectivity index is 0.00000167. The van der Waals surface area contributed by atoms with Gasteiger partial charge in [-0.25, -0.2) is 13.8 Å². The Morgan fingerprint density at radius 3 is 2.46 bits per heavy atom. The van der Waals surface area contributed by atoms with Crippen molar-refractivity contribution in [3.05, 3.63) is 80.8 Å². The van der Waals surface area contributed by atoms with E-state index in [1.54, 1.807) is 0 Å². The number of likely N-dealkylation sites (tertiary alicyclic amines) is 1. The van der Waals surface area contributed by atoms with Crippen LogP contribution in [0.5, 0.6) is 0 Å². The maximum absolute atomic E-state index is 15.0. The van der Waals surface area contributed by atoms with Gasteiger partial charge >= 0.3 is 0 Å². The number of hydrogen-bond acceptors (Lipinski definition) is 4. The third-order valence-electron chi connectivity index (χ3n) is 5.71. The molecule has 0 bridgehead atoms. The van der Waals surface area contributed by atoms with Crippen molar-refractivity contribution in [2.75, 3.05) is 18.4 Å². The monoisotopic (exact) mass is 522 g/mol. The Labute approximate surface area is 212 Å². The first kappa shape index (κ1) is 26.6. The number of amides is 1. The Hall–Kier alpha value is -2.97. The molecule has 1 aliphatic rings. The van der Waals surface area contributed by atoms with E-state index in [9.17, 15) is 18.4 Å². The summed E-state index contributed by atoms with van der Waals surface area (Å²) in [4.78, 5) is 30.5. The van der Waals surface area contributed by atoms with Crippen LogP contribution in [0.25, 0.3) is 10.9 Å². The molecule has 10 heteroatoms. The summed E-state index contributed by atoms with van der Waals surface area (Å²) in [7, 11) is 0. The molecule has 1 fully saturated rings. The summed E-state index contributed by atoms with van der Waals surface area (Å²) >= 11 is 12.5.